The summed E-state index contributed by atoms with van der Waals surface area (Å²) in [5.41, 5.74) is 2.74. The van der Waals surface area contributed by atoms with Crippen molar-refractivity contribution in [2.24, 2.45) is 22.9 Å². The van der Waals surface area contributed by atoms with Crippen LogP contribution in [0, 0.1) is 17.8 Å². The molecule has 0 unspecified atom stereocenters. The van der Waals surface area contributed by atoms with Crippen molar-refractivity contribution < 1.29 is 37.2 Å². The third-order valence-corrected chi connectivity index (χ3v) is 12.3. The van der Waals surface area contributed by atoms with E-state index < -0.39 is 68.4 Å². The minimum absolute atomic E-state index is 0.0778. The predicted octanol–water partition coefficient (Wildman–Crippen LogP) is 3.99. The van der Waals surface area contributed by atoms with E-state index in [1.54, 1.807) is 13.8 Å². The number of fused-ring (bicyclic) bond motifs is 6. The molecule has 1 heterocycles. The van der Waals surface area contributed by atoms with Gasteiger partial charge in [-0.3, -0.25) is 28.8 Å². The zero-order valence-corrected chi connectivity index (χ0v) is 29.5. The van der Waals surface area contributed by atoms with E-state index in [1.807, 2.05) is 54.6 Å². The van der Waals surface area contributed by atoms with E-state index in [-0.39, 0.29) is 38.2 Å². The van der Waals surface area contributed by atoms with Crippen LogP contribution in [0.3, 0.4) is 0 Å². The van der Waals surface area contributed by atoms with Gasteiger partial charge >= 0.3 is 0 Å². The summed E-state index contributed by atoms with van der Waals surface area (Å²) < 4.78 is 33.5. The first-order valence-corrected chi connectivity index (χ1v) is 19.1. The fraction of sp³-hybridized carbons (Fsp3) is 0.447. The van der Waals surface area contributed by atoms with Crippen molar-refractivity contribution in [1.29, 1.82) is 0 Å². The maximum absolute atomic E-state index is 14.3. The normalized spacial score (nSPS) is 29.0. The van der Waals surface area contributed by atoms with Gasteiger partial charge in [-0.2, -0.15) is 0 Å². The van der Waals surface area contributed by atoms with Crippen LogP contribution in [-0.2, 0) is 34.0 Å². The van der Waals surface area contributed by atoms with Gasteiger partial charge in [0.15, 0.2) is 0 Å². The Morgan fingerprint density at radius 2 is 1.78 bits per heavy atom. The van der Waals surface area contributed by atoms with Crippen LogP contribution in [0.2, 0.25) is 0 Å². The first kappa shape index (κ1) is 34.7. The van der Waals surface area contributed by atoms with E-state index in [1.165, 1.54) is 11.0 Å². The first-order valence-electron chi connectivity index (χ1n) is 17.6. The van der Waals surface area contributed by atoms with Crippen molar-refractivity contribution in [1.82, 2.24) is 14.9 Å². The fourth-order valence-corrected chi connectivity index (χ4v) is 8.87. The molecule has 4 bridgehead atoms. The molecule has 5 aliphatic rings. The SMILES string of the molecule is C=C[C@H]1C[C@]1(NC(=O)[C@@H]1C[C@@H]2C[C@H]1C(=O)N(C(C)C)C(=O)CC/C=C\COc1ccc3c(c1)/C(=N\O2)c1ccccc1-3)C(=O)NS(=O)(=O)C1CC1. The quantitative estimate of drug-likeness (QED) is 0.275. The summed E-state index contributed by atoms with van der Waals surface area (Å²) in [5.74, 6) is -4.10. The van der Waals surface area contributed by atoms with E-state index >= 15 is 0 Å². The van der Waals surface area contributed by atoms with Crippen LogP contribution in [0.4, 0.5) is 0 Å². The Morgan fingerprint density at radius 3 is 2.49 bits per heavy atom. The van der Waals surface area contributed by atoms with Gasteiger partial charge in [-0.1, -0.05) is 47.6 Å². The summed E-state index contributed by atoms with van der Waals surface area (Å²) in [7, 11) is -3.88. The summed E-state index contributed by atoms with van der Waals surface area (Å²) in [6.07, 6.45) is 6.26. The maximum Gasteiger partial charge on any atom is 0.259 e. The molecule has 2 N–H and O–H groups in total. The largest absolute Gasteiger partial charge is 0.490 e. The molecular weight excluding hydrogens is 673 g/mol. The van der Waals surface area contributed by atoms with Crippen molar-refractivity contribution >= 4 is 39.4 Å². The van der Waals surface area contributed by atoms with Gasteiger partial charge in [0.1, 0.15) is 29.7 Å². The number of hydrogen-bond donors (Lipinski definition) is 2. The van der Waals surface area contributed by atoms with Crippen LogP contribution in [0.1, 0.15) is 69.9 Å². The number of carbonyl (C=O) groups is 4. The van der Waals surface area contributed by atoms with Crippen molar-refractivity contribution in [2.75, 3.05) is 6.61 Å². The van der Waals surface area contributed by atoms with Crippen LogP contribution in [0.15, 0.2) is 72.4 Å². The zero-order chi connectivity index (χ0) is 36.1. The van der Waals surface area contributed by atoms with Crippen molar-refractivity contribution in [2.45, 2.75) is 81.7 Å². The second kappa shape index (κ2) is 13.4. The lowest BCUT2D eigenvalue weighted by molar-refractivity contribution is -0.152. The first-order chi connectivity index (χ1) is 24.4. The van der Waals surface area contributed by atoms with Crippen LogP contribution < -0.4 is 14.8 Å². The molecule has 13 heteroatoms. The highest BCUT2D eigenvalue weighted by molar-refractivity contribution is 7.91. The van der Waals surface area contributed by atoms with E-state index in [0.717, 1.165) is 22.3 Å². The molecule has 3 fully saturated rings. The Hall–Kier alpha value is -4.78. The third kappa shape index (κ3) is 6.59. The lowest BCUT2D eigenvalue weighted by Crippen LogP contribution is -2.55. The van der Waals surface area contributed by atoms with Crippen molar-refractivity contribution in [3.05, 3.63) is 78.4 Å². The Morgan fingerprint density at radius 1 is 1.04 bits per heavy atom. The lowest BCUT2D eigenvalue weighted by atomic mass is 9.92. The van der Waals surface area contributed by atoms with Crippen molar-refractivity contribution in [3.8, 4) is 16.9 Å². The van der Waals surface area contributed by atoms with Gasteiger partial charge in [-0.15, -0.1) is 6.58 Å². The molecule has 1 aliphatic heterocycles. The molecule has 2 aromatic carbocycles. The van der Waals surface area contributed by atoms with E-state index in [9.17, 15) is 27.6 Å². The Bertz CT molecular complexity index is 1970. The average molecular weight is 715 g/mol. The van der Waals surface area contributed by atoms with Crippen LogP contribution >= 0.6 is 0 Å². The zero-order valence-electron chi connectivity index (χ0n) is 28.7. The Labute approximate surface area is 297 Å². The number of nitrogens with zero attached hydrogens (tertiary/aromatic N) is 2. The fourth-order valence-electron chi connectivity index (χ4n) is 7.51. The third-order valence-electron chi connectivity index (χ3n) is 10.5. The molecule has 0 aromatic heterocycles. The molecular formula is C38H42N4O8S. The van der Waals surface area contributed by atoms with E-state index in [0.29, 0.717) is 30.7 Å². The van der Waals surface area contributed by atoms with Gasteiger partial charge < -0.3 is 14.9 Å². The lowest BCUT2D eigenvalue weighted by Gasteiger charge is -2.30. The highest BCUT2D eigenvalue weighted by Crippen LogP contribution is 2.47. The number of amides is 4. The van der Waals surface area contributed by atoms with E-state index in [4.69, 9.17) is 9.57 Å². The highest BCUT2D eigenvalue weighted by atomic mass is 32.2. The number of oxime groups is 1. The summed E-state index contributed by atoms with van der Waals surface area (Å²) in [4.78, 5) is 62.8. The molecule has 0 spiro atoms. The number of ether oxygens (including phenoxy) is 1. The summed E-state index contributed by atoms with van der Waals surface area (Å²) >= 11 is 0. The van der Waals surface area contributed by atoms with Gasteiger partial charge in [-0.05, 0) is 81.7 Å². The molecule has 51 heavy (non-hydrogen) atoms. The second-order valence-corrected chi connectivity index (χ2v) is 16.3. The molecule has 2 aromatic rings. The highest BCUT2D eigenvalue weighted by Gasteiger charge is 2.62. The van der Waals surface area contributed by atoms with Crippen LogP contribution in [0.25, 0.3) is 11.1 Å². The maximum atomic E-state index is 14.3. The van der Waals surface area contributed by atoms with Gasteiger partial charge in [0.05, 0.1) is 17.1 Å². The van der Waals surface area contributed by atoms with Gasteiger partial charge in [0.2, 0.25) is 27.7 Å². The summed E-state index contributed by atoms with van der Waals surface area (Å²) in [6.45, 7) is 7.55. The molecule has 0 saturated heterocycles. The van der Waals surface area contributed by atoms with Gasteiger partial charge in [0.25, 0.3) is 5.91 Å². The average Bonchev–Trinajstić information content (AvgIpc) is 4.01. The standard InChI is InChI=1S/C38H42N4O8S/c1-4-23-21-38(23,37(46)41-51(47,48)26-14-15-26)39-35(44)31-19-25-20-32(31)36(45)42(22(2)3)33(43)12-6-5-9-17-49-24-13-16-28-27-10-7-8-11-29(27)34(40-50-25)30(28)18-24/h4-5,7-11,13,16,18,22-23,25-26,31-32H,1,6,12,14-15,17,19-21H2,2-3H3,(H,39,44)(H,41,46)/b9-5-,40-34-/t23-,25+,31+,32+,38+/m0/s1. The molecule has 3 saturated carbocycles. The minimum Gasteiger partial charge on any atom is -0.490 e. The molecule has 0 radical (unpaired) electrons. The molecule has 4 amide bonds. The Balaban J connectivity index is 1.21. The van der Waals surface area contributed by atoms with E-state index in [2.05, 4.69) is 21.8 Å². The predicted molar refractivity (Wildman–Crippen MR) is 189 cm³/mol. The molecule has 7 rings (SSSR count). The number of hydrogen-bond acceptors (Lipinski definition) is 9. The number of carbonyl (C=O) groups excluding carboxylic acids is 4. The van der Waals surface area contributed by atoms with Crippen molar-refractivity contribution in [3.63, 3.8) is 0 Å². The summed E-state index contributed by atoms with van der Waals surface area (Å²) in [5, 5.41) is 6.81. The van der Waals surface area contributed by atoms with Gasteiger partial charge in [0, 0.05) is 29.5 Å². The molecule has 4 aliphatic carbocycles. The second-order valence-electron chi connectivity index (χ2n) is 14.3. The molecule has 12 nitrogen and oxygen atoms in total. The number of rotatable bonds is 7. The van der Waals surface area contributed by atoms with Gasteiger partial charge in [-0.25, -0.2) is 8.42 Å². The smallest absolute Gasteiger partial charge is 0.259 e. The molecule has 5 atom stereocenters. The minimum atomic E-state index is -3.88. The number of allylic oxidation sites excluding steroid dienone is 1. The number of nitrogens with one attached hydrogen (secondary N) is 2. The number of imide groups is 1. The van der Waals surface area contributed by atoms with Crippen LogP contribution in [-0.4, -0.2) is 72.2 Å². The Kier molecular flexibility index (Phi) is 9.11. The van der Waals surface area contributed by atoms with Crippen LogP contribution in [0.5, 0.6) is 5.75 Å². The topological polar surface area (TPSA) is 161 Å². The number of benzene rings is 2. The monoisotopic (exact) mass is 714 g/mol. The molecule has 268 valence electrons. The summed E-state index contributed by atoms with van der Waals surface area (Å²) in [6, 6.07) is 13.1. The number of sulfonamides is 1.